The van der Waals surface area contributed by atoms with Gasteiger partial charge in [-0.3, -0.25) is 0 Å². The van der Waals surface area contributed by atoms with Crippen LogP contribution < -0.4 is 0 Å². The van der Waals surface area contributed by atoms with Crippen LogP contribution >= 0.6 is 0 Å². The highest BCUT2D eigenvalue weighted by Gasteiger charge is 2.31. The van der Waals surface area contributed by atoms with Gasteiger partial charge >= 0.3 is 5.97 Å². The van der Waals surface area contributed by atoms with E-state index in [0.717, 1.165) is 31.3 Å². The van der Waals surface area contributed by atoms with Crippen molar-refractivity contribution in [3.05, 3.63) is 11.1 Å². The van der Waals surface area contributed by atoms with Crippen molar-refractivity contribution in [3.8, 4) is 6.07 Å². The SMILES string of the molecule is CCOC(=O)C(C#N)=C(C1CCCCC1)C1CCCCC1. The zero-order valence-electron chi connectivity index (χ0n) is 13.2. The van der Waals surface area contributed by atoms with Gasteiger partial charge in [0, 0.05) is 0 Å². The molecule has 0 heterocycles. The van der Waals surface area contributed by atoms with Gasteiger partial charge in [0.2, 0.25) is 0 Å². The summed E-state index contributed by atoms with van der Waals surface area (Å²) in [7, 11) is 0. The van der Waals surface area contributed by atoms with Crippen LogP contribution in [0.2, 0.25) is 0 Å². The van der Waals surface area contributed by atoms with Gasteiger partial charge in [-0.1, -0.05) is 38.5 Å². The quantitative estimate of drug-likeness (QED) is 0.434. The molecule has 3 heteroatoms. The number of carbonyl (C=O) groups excluding carboxylic acids is 1. The monoisotopic (exact) mass is 289 g/mol. The van der Waals surface area contributed by atoms with Gasteiger partial charge < -0.3 is 4.74 Å². The van der Waals surface area contributed by atoms with E-state index in [2.05, 4.69) is 6.07 Å². The Morgan fingerprint density at radius 2 is 1.48 bits per heavy atom. The van der Waals surface area contributed by atoms with Crippen LogP contribution in [0.5, 0.6) is 0 Å². The molecule has 0 N–H and O–H groups in total. The maximum Gasteiger partial charge on any atom is 0.348 e. The molecule has 2 fully saturated rings. The van der Waals surface area contributed by atoms with Crippen molar-refractivity contribution in [2.45, 2.75) is 71.1 Å². The Morgan fingerprint density at radius 1 is 1.00 bits per heavy atom. The van der Waals surface area contributed by atoms with Crippen molar-refractivity contribution >= 4 is 5.97 Å². The second-order valence-electron chi connectivity index (χ2n) is 6.33. The molecule has 0 atom stereocenters. The molecule has 0 saturated heterocycles. The lowest BCUT2D eigenvalue weighted by atomic mass is 9.72. The Bertz CT molecular complexity index is 401. The number of nitrogens with zero attached hydrogens (tertiary/aromatic N) is 1. The molecule has 116 valence electrons. The van der Waals surface area contributed by atoms with Crippen LogP contribution in [-0.4, -0.2) is 12.6 Å². The van der Waals surface area contributed by atoms with Crippen LogP contribution in [0.15, 0.2) is 11.1 Å². The number of hydrogen-bond acceptors (Lipinski definition) is 3. The second kappa shape index (κ2) is 8.22. The fourth-order valence-corrected chi connectivity index (χ4v) is 4.00. The highest BCUT2D eigenvalue weighted by atomic mass is 16.5. The number of esters is 1. The van der Waals surface area contributed by atoms with Crippen LogP contribution in [0.4, 0.5) is 0 Å². The molecule has 3 nitrogen and oxygen atoms in total. The van der Waals surface area contributed by atoms with Crippen molar-refractivity contribution in [1.29, 1.82) is 5.26 Å². The lowest BCUT2D eigenvalue weighted by molar-refractivity contribution is -0.138. The largest absolute Gasteiger partial charge is 0.462 e. The van der Waals surface area contributed by atoms with E-state index in [1.165, 1.54) is 38.5 Å². The summed E-state index contributed by atoms with van der Waals surface area (Å²) in [5.74, 6) is 0.466. The van der Waals surface area contributed by atoms with Crippen LogP contribution in [-0.2, 0) is 9.53 Å². The van der Waals surface area contributed by atoms with Crippen LogP contribution in [0, 0.1) is 23.2 Å². The number of allylic oxidation sites excluding steroid dienone is 1. The summed E-state index contributed by atoms with van der Waals surface area (Å²) in [5.41, 5.74) is 1.48. The Labute approximate surface area is 128 Å². The maximum atomic E-state index is 12.2. The van der Waals surface area contributed by atoms with Crippen molar-refractivity contribution in [1.82, 2.24) is 0 Å². The van der Waals surface area contributed by atoms with Gasteiger partial charge in [-0.2, -0.15) is 5.26 Å². The molecule has 2 aliphatic carbocycles. The topological polar surface area (TPSA) is 50.1 Å². The van der Waals surface area contributed by atoms with Gasteiger partial charge in [0.05, 0.1) is 6.61 Å². The van der Waals surface area contributed by atoms with Crippen LogP contribution in [0.25, 0.3) is 0 Å². The maximum absolute atomic E-state index is 12.2. The van der Waals surface area contributed by atoms with E-state index in [1.807, 2.05) is 0 Å². The smallest absolute Gasteiger partial charge is 0.348 e. The molecule has 0 aromatic carbocycles. The van der Waals surface area contributed by atoms with Gasteiger partial charge in [-0.25, -0.2) is 4.79 Å². The first-order chi connectivity index (χ1) is 10.3. The van der Waals surface area contributed by atoms with E-state index < -0.39 is 5.97 Å². The zero-order chi connectivity index (χ0) is 15.1. The van der Waals surface area contributed by atoms with Gasteiger partial charge in [-0.05, 0) is 50.0 Å². The lowest BCUT2D eigenvalue weighted by Gasteiger charge is -2.33. The fourth-order valence-electron chi connectivity index (χ4n) is 4.00. The summed E-state index contributed by atoms with van der Waals surface area (Å²) in [5, 5.41) is 9.55. The lowest BCUT2D eigenvalue weighted by Crippen LogP contribution is -2.23. The molecule has 21 heavy (non-hydrogen) atoms. The molecule has 2 aliphatic rings. The van der Waals surface area contributed by atoms with Crippen LogP contribution in [0.1, 0.15) is 71.1 Å². The van der Waals surface area contributed by atoms with E-state index in [9.17, 15) is 10.1 Å². The molecule has 2 rings (SSSR count). The second-order valence-corrected chi connectivity index (χ2v) is 6.33. The minimum Gasteiger partial charge on any atom is -0.462 e. The molecule has 0 spiro atoms. The highest BCUT2D eigenvalue weighted by Crippen LogP contribution is 2.41. The molecule has 0 radical (unpaired) electrons. The van der Waals surface area contributed by atoms with E-state index in [0.29, 0.717) is 24.0 Å². The van der Waals surface area contributed by atoms with Gasteiger partial charge in [0.1, 0.15) is 11.6 Å². The molecular weight excluding hydrogens is 262 g/mol. The van der Waals surface area contributed by atoms with E-state index in [4.69, 9.17) is 4.74 Å². The molecule has 0 unspecified atom stereocenters. The number of carbonyl (C=O) groups is 1. The predicted octanol–water partition coefficient (Wildman–Crippen LogP) is 4.53. The Kier molecular flexibility index (Phi) is 6.29. The number of hydrogen-bond donors (Lipinski definition) is 0. The summed E-state index contributed by atoms with van der Waals surface area (Å²) in [6.45, 7) is 2.14. The number of ether oxygens (including phenoxy) is 1. The molecule has 0 aromatic rings. The first kappa shape index (κ1) is 16.1. The highest BCUT2D eigenvalue weighted by molar-refractivity contribution is 5.93. The van der Waals surface area contributed by atoms with Crippen molar-refractivity contribution in [2.24, 2.45) is 11.8 Å². The minimum atomic E-state index is -0.397. The average Bonchev–Trinajstić information content (AvgIpc) is 2.54. The Hall–Kier alpha value is -1.30. The molecular formula is C18H27NO2. The summed E-state index contributed by atoms with van der Waals surface area (Å²) >= 11 is 0. The van der Waals surface area contributed by atoms with Crippen molar-refractivity contribution < 1.29 is 9.53 Å². The molecule has 0 aliphatic heterocycles. The minimum absolute atomic E-state index is 0.329. The average molecular weight is 289 g/mol. The van der Waals surface area contributed by atoms with Crippen LogP contribution in [0.3, 0.4) is 0 Å². The third kappa shape index (κ3) is 4.09. The molecule has 0 amide bonds. The molecule has 0 bridgehead atoms. The normalized spacial score (nSPS) is 20.6. The summed E-state index contributed by atoms with van der Waals surface area (Å²) < 4.78 is 5.14. The van der Waals surface area contributed by atoms with Crippen molar-refractivity contribution in [3.63, 3.8) is 0 Å². The predicted molar refractivity (Wildman–Crippen MR) is 82.4 cm³/mol. The summed E-state index contributed by atoms with van der Waals surface area (Å²) in [6, 6.07) is 2.19. The molecule has 2 saturated carbocycles. The third-order valence-electron chi connectivity index (χ3n) is 4.97. The molecule has 0 aromatic heterocycles. The first-order valence-corrected chi connectivity index (χ1v) is 8.59. The first-order valence-electron chi connectivity index (χ1n) is 8.59. The Balaban J connectivity index is 2.31. The fraction of sp³-hybridized carbons (Fsp3) is 0.778. The standard InChI is InChI=1S/C18H27NO2/c1-2-21-18(20)16(13-19)17(14-9-5-3-6-10-14)15-11-7-4-8-12-15/h14-15H,2-12H2,1H3. The third-order valence-corrected chi connectivity index (χ3v) is 4.97. The van der Waals surface area contributed by atoms with Gasteiger partial charge in [0.15, 0.2) is 0 Å². The van der Waals surface area contributed by atoms with E-state index in [1.54, 1.807) is 6.92 Å². The zero-order valence-corrected chi connectivity index (χ0v) is 13.2. The number of rotatable bonds is 4. The van der Waals surface area contributed by atoms with Crippen molar-refractivity contribution in [2.75, 3.05) is 6.61 Å². The number of nitriles is 1. The summed E-state index contributed by atoms with van der Waals surface area (Å²) in [4.78, 5) is 12.2. The van der Waals surface area contributed by atoms with Gasteiger partial charge in [-0.15, -0.1) is 0 Å². The summed E-state index contributed by atoms with van der Waals surface area (Å²) in [6.07, 6.45) is 12.0. The Morgan fingerprint density at radius 3 is 1.86 bits per heavy atom. The van der Waals surface area contributed by atoms with Gasteiger partial charge in [0.25, 0.3) is 0 Å². The van der Waals surface area contributed by atoms with E-state index >= 15 is 0 Å². The van der Waals surface area contributed by atoms with E-state index in [-0.39, 0.29) is 0 Å².